The van der Waals surface area contributed by atoms with Crippen molar-refractivity contribution in [2.24, 2.45) is 0 Å². The Hall–Kier alpha value is -2.52. The Balaban J connectivity index is 1.59. The van der Waals surface area contributed by atoms with Crippen LogP contribution in [0, 0.1) is 5.82 Å². The maximum absolute atomic E-state index is 13.6. The number of pyridine rings is 2. The van der Waals surface area contributed by atoms with Crippen LogP contribution in [0.25, 0.3) is 11.0 Å². The number of hydrogen-bond donors (Lipinski definition) is 2. The molecule has 1 saturated heterocycles. The fourth-order valence-corrected chi connectivity index (χ4v) is 3.40. The van der Waals surface area contributed by atoms with E-state index in [1.54, 1.807) is 6.07 Å². The molecule has 29 heavy (non-hydrogen) atoms. The zero-order valence-corrected chi connectivity index (χ0v) is 16.9. The minimum Gasteiger partial charge on any atom is -0.443 e. The zero-order chi connectivity index (χ0) is 21.2. The Bertz CT molecular complexity index is 940. The summed E-state index contributed by atoms with van der Waals surface area (Å²) in [5.41, 5.74) is 0.337. The van der Waals surface area contributed by atoms with E-state index < -0.39 is 29.7 Å². The molecule has 0 saturated carbocycles. The van der Waals surface area contributed by atoms with Crippen LogP contribution in [-0.4, -0.2) is 63.0 Å². The third-order valence-corrected chi connectivity index (χ3v) is 4.78. The first-order valence-electron chi connectivity index (χ1n) is 9.67. The van der Waals surface area contributed by atoms with Gasteiger partial charge in [0.15, 0.2) is 0 Å². The smallest absolute Gasteiger partial charge is 0.407 e. The number of aliphatic hydroxyl groups is 1. The van der Waals surface area contributed by atoms with Gasteiger partial charge in [-0.1, -0.05) is 0 Å². The second-order valence-corrected chi connectivity index (χ2v) is 8.36. The fraction of sp³-hybridized carbons (Fsp3) is 0.550. The molecule has 1 aliphatic rings. The molecule has 0 bridgehead atoms. The number of aromatic nitrogens is 2. The monoisotopic (exact) mass is 406 g/mol. The van der Waals surface area contributed by atoms with E-state index >= 15 is 0 Å². The van der Waals surface area contributed by atoms with E-state index in [0.717, 1.165) is 6.20 Å². The molecule has 2 atom stereocenters. The summed E-state index contributed by atoms with van der Waals surface area (Å²) < 4.78 is 20.4. The van der Waals surface area contributed by atoms with Gasteiger partial charge < -0.3 is 19.7 Å². The van der Waals surface area contributed by atoms with Crippen LogP contribution in [0.4, 0.5) is 9.18 Å². The topological polar surface area (TPSA) is 96.7 Å². The molecule has 0 radical (unpaired) electrons. The summed E-state index contributed by atoms with van der Waals surface area (Å²) in [5.74, 6) is -0.501. The quantitative estimate of drug-likeness (QED) is 0.799. The van der Waals surface area contributed by atoms with Crippen LogP contribution in [0.1, 0.15) is 27.2 Å². The van der Waals surface area contributed by atoms with Gasteiger partial charge in [0.1, 0.15) is 18.0 Å². The number of nitrogens with one attached hydrogen (secondary N) is 1. The third kappa shape index (κ3) is 5.51. The van der Waals surface area contributed by atoms with Gasteiger partial charge in [0.2, 0.25) is 0 Å². The molecule has 0 aliphatic carbocycles. The number of rotatable bonds is 4. The van der Waals surface area contributed by atoms with Crippen molar-refractivity contribution in [3.05, 3.63) is 40.6 Å². The molecule has 1 aliphatic heterocycles. The molecular formula is C20H27FN4O4. The van der Waals surface area contributed by atoms with Gasteiger partial charge in [-0.05, 0) is 33.3 Å². The minimum absolute atomic E-state index is 0.234. The minimum atomic E-state index is -0.821. The maximum atomic E-state index is 13.6. The highest BCUT2D eigenvalue weighted by Gasteiger charge is 2.31. The second kappa shape index (κ2) is 8.46. The van der Waals surface area contributed by atoms with Crippen molar-refractivity contribution in [1.29, 1.82) is 0 Å². The number of β-amino-alcohol motifs (C(OH)–C–C–N with tert-alkyl or cyclic N) is 1. The Morgan fingerprint density at radius 3 is 2.83 bits per heavy atom. The van der Waals surface area contributed by atoms with Crippen LogP contribution >= 0.6 is 0 Å². The predicted molar refractivity (Wildman–Crippen MR) is 106 cm³/mol. The molecule has 0 spiro atoms. The van der Waals surface area contributed by atoms with Crippen molar-refractivity contribution in [3.8, 4) is 0 Å². The van der Waals surface area contributed by atoms with Gasteiger partial charge in [-0.15, -0.1) is 0 Å². The Labute approximate surface area is 168 Å². The molecule has 1 fully saturated rings. The number of carbonyl (C=O) groups excluding carboxylic acids is 1. The Kier molecular flexibility index (Phi) is 6.18. The van der Waals surface area contributed by atoms with Crippen LogP contribution < -0.4 is 10.9 Å². The number of hydrogen-bond acceptors (Lipinski definition) is 6. The first-order chi connectivity index (χ1) is 13.6. The van der Waals surface area contributed by atoms with E-state index in [1.807, 2.05) is 25.7 Å². The van der Waals surface area contributed by atoms with Crippen LogP contribution in [-0.2, 0) is 11.3 Å². The van der Waals surface area contributed by atoms with E-state index in [1.165, 1.54) is 16.7 Å². The number of carbonyl (C=O) groups is 1. The standard InChI is InChI=1S/C20H27FN4O4/c1-20(2,3)23-19(28)29-17-6-7-24(12-16(17)26)8-9-25-15-10-13(21)11-22-14(15)4-5-18(25)27/h4-5,10-11,16-17,26H,6-9,12H2,1-3H3,(H,23,28)/t16-,17+/m1/s1. The van der Waals surface area contributed by atoms with Crippen molar-refractivity contribution in [1.82, 2.24) is 19.8 Å². The van der Waals surface area contributed by atoms with Gasteiger partial charge >= 0.3 is 6.09 Å². The molecule has 9 heteroatoms. The molecule has 3 heterocycles. The first kappa shape index (κ1) is 21.2. The molecule has 3 rings (SSSR count). The van der Waals surface area contributed by atoms with E-state index in [9.17, 15) is 19.1 Å². The third-order valence-electron chi connectivity index (χ3n) is 4.78. The number of ether oxygens (including phenoxy) is 1. The van der Waals surface area contributed by atoms with Crippen LogP contribution in [0.15, 0.2) is 29.2 Å². The lowest BCUT2D eigenvalue weighted by atomic mass is 10.0. The molecule has 158 valence electrons. The van der Waals surface area contributed by atoms with Crippen LogP contribution in [0.5, 0.6) is 0 Å². The zero-order valence-electron chi connectivity index (χ0n) is 16.9. The van der Waals surface area contributed by atoms with E-state index in [0.29, 0.717) is 43.6 Å². The number of likely N-dealkylation sites (tertiary alicyclic amines) is 1. The van der Waals surface area contributed by atoms with Crippen LogP contribution in [0.2, 0.25) is 0 Å². The fourth-order valence-electron chi connectivity index (χ4n) is 3.40. The molecule has 2 aromatic heterocycles. The summed E-state index contributed by atoms with van der Waals surface area (Å²) in [6.07, 6.45) is -0.343. The van der Waals surface area contributed by atoms with Crippen molar-refractivity contribution >= 4 is 17.1 Å². The molecule has 8 nitrogen and oxygen atoms in total. The Morgan fingerprint density at radius 2 is 2.14 bits per heavy atom. The summed E-state index contributed by atoms with van der Waals surface area (Å²) in [4.78, 5) is 30.2. The average molecular weight is 406 g/mol. The number of nitrogens with zero attached hydrogens (tertiary/aromatic N) is 3. The molecule has 0 aromatic carbocycles. The van der Waals surface area contributed by atoms with E-state index in [2.05, 4.69) is 10.3 Å². The van der Waals surface area contributed by atoms with Crippen molar-refractivity contribution in [2.75, 3.05) is 19.6 Å². The van der Waals surface area contributed by atoms with Gasteiger partial charge in [0.25, 0.3) is 5.56 Å². The number of piperidine rings is 1. The summed E-state index contributed by atoms with van der Waals surface area (Å²) >= 11 is 0. The predicted octanol–water partition coefficient (Wildman–Crippen LogP) is 1.50. The lowest BCUT2D eigenvalue weighted by Crippen LogP contribution is -2.51. The van der Waals surface area contributed by atoms with Gasteiger partial charge in [0.05, 0.1) is 17.2 Å². The van der Waals surface area contributed by atoms with Gasteiger partial charge in [-0.3, -0.25) is 14.7 Å². The molecule has 2 N–H and O–H groups in total. The molecule has 2 aromatic rings. The van der Waals surface area contributed by atoms with Gasteiger partial charge in [-0.2, -0.15) is 0 Å². The second-order valence-electron chi connectivity index (χ2n) is 8.36. The summed E-state index contributed by atoms with van der Waals surface area (Å²) in [5, 5.41) is 13.1. The first-order valence-corrected chi connectivity index (χ1v) is 9.67. The summed E-state index contributed by atoms with van der Waals surface area (Å²) in [6, 6.07) is 4.28. The van der Waals surface area contributed by atoms with Crippen LogP contribution in [0.3, 0.4) is 0 Å². The maximum Gasteiger partial charge on any atom is 0.407 e. The molecular weight excluding hydrogens is 379 g/mol. The number of alkyl carbamates (subject to hydrolysis) is 1. The highest BCUT2D eigenvalue weighted by Crippen LogP contribution is 2.16. The highest BCUT2D eigenvalue weighted by atomic mass is 19.1. The number of amides is 1. The van der Waals surface area contributed by atoms with Gasteiger partial charge in [-0.25, -0.2) is 9.18 Å². The number of halogens is 1. The molecule has 1 amide bonds. The Morgan fingerprint density at radius 1 is 1.38 bits per heavy atom. The average Bonchev–Trinajstić information content (AvgIpc) is 2.61. The summed E-state index contributed by atoms with van der Waals surface area (Å²) in [7, 11) is 0. The SMILES string of the molecule is CC(C)(C)NC(=O)O[C@H]1CCN(CCn2c(=O)ccc3ncc(F)cc32)C[C@H]1O. The normalized spacial score (nSPS) is 20.6. The highest BCUT2D eigenvalue weighted by molar-refractivity contribution is 5.74. The largest absolute Gasteiger partial charge is 0.443 e. The van der Waals surface area contributed by atoms with E-state index in [4.69, 9.17) is 4.74 Å². The van der Waals surface area contributed by atoms with Gasteiger partial charge in [0, 0.05) is 43.9 Å². The lowest BCUT2D eigenvalue weighted by molar-refractivity contribution is -0.0479. The van der Waals surface area contributed by atoms with Crippen molar-refractivity contribution in [2.45, 2.75) is 51.5 Å². The lowest BCUT2D eigenvalue weighted by Gasteiger charge is -2.36. The van der Waals surface area contributed by atoms with Crippen molar-refractivity contribution < 1.29 is 19.0 Å². The number of fused-ring (bicyclic) bond motifs is 1. The van der Waals surface area contributed by atoms with E-state index in [-0.39, 0.29) is 5.56 Å². The number of aliphatic hydroxyl groups excluding tert-OH is 1. The summed E-state index contributed by atoms with van der Waals surface area (Å²) in [6.45, 7) is 7.31. The molecule has 0 unspecified atom stereocenters. The van der Waals surface area contributed by atoms with Crippen molar-refractivity contribution in [3.63, 3.8) is 0 Å².